The molecule has 0 amide bonds. The Bertz CT molecular complexity index is 1150. The van der Waals surface area contributed by atoms with Gasteiger partial charge in [0.15, 0.2) is 5.67 Å². The summed E-state index contributed by atoms with van der Waals surface area (Å²) in [7, 11) is 0. The molecule has 6 atom stereocenters. The molecule has 4 aliphatic rings. The molecule has 5 unspecified atom stereocenters. The normalized spacial score (nSPS) is 41.2. The van der Waals surface area contributed by atoms with Gasteiger partial charge in [0.25, 0.3) is 0 Å². The number of hydrogen-bond donors (Lipinski definition) is 2. The van der Waals surface area contributed by atoms with Gasteiger partial charge < -0.3 is 10.2 Å². The van der Waals surface area contributed by atoms with E-state index >= 15 is 4.39 Å². The summed E-state index contributed by atoms with van der Waals surface area (Å²) in [6, 6.07) is 6.26. The van der Waals surface area contributed by atoms with Crippen molar-refractivity contribution < 1.29 is 14.6 Å². The lowest BCUT2D eigenvalue weighted by atomic mass is 9.53. The molecule has 1 aromatic carbocycles. The van der Waals surface area contributed by atoms with E-state index in [0.717, 1.165) is 41.3 Å². The van der Waals surface area contributed by atoms with E-state index in [2.05, 4.69) is 35.1 Å². The molecule has 0 aliphatic heterocycles. The summed E-state index contributed by atoms with van der Waals surface area (Å²) in [5.74, 6) is 0.132. The average molecular weight is 435 g/mol. The minimum atomic E-state index is -1.72. The number of aliphatic hydroxyl groups excluding tert-OH is 1. The summed E-state index contributed by atoms with van der Waals surface area (Å²) in [5, 5.41) is 23.2. The Morgan fingerprint density at radius 1 is 1.12 bits per heavy atom. The van der Waals surface area contributed by atoms with Gasteiger partial charge in [-0.3, -0.25) is 0 Å². The Morgan fingerprint density at radius 2 is 2.00 bits per heavy atom. The van der Waals surface area contributed by atoms with Gasteiger partial charge in [0.05, 0.1) is 11.6 Å². The summed E-state index contributed by atoms with van der Waals surface area (Å²) in [4.78, 5) is 8.52. The number of alkyl halides is 1. The Balaban J connectivity index is 1.38. The predicted molar refractivity (Wildman–Crippen MR) is 122 cm³/mol. The second-order valence-electron chi connectivity index (χ2n) is 10.8. The van der Waals surface area contributed by atoms with Crippen LogP contribution in [0, 0.1) is 17.3 Å². The molecular formula is C27H31FN2O2. The highest BCUT2D eigenvalue weighted by Crippen LogP contribution is 2.65. The average Bonchev–Trinajstić information content (AvgIpc) is 3.09. The molecule has 1 aromatic heterocycles. The maximum absolute atomic E-state index is 16.7. The largest absolute Gasteiger partial charge is 0.393 e. The van der Waals surface area contributed by atoms with Crippen LogP contribution in [0.4, 0.5) is 4.39 Å². The second kappa shape index (κ2) is 6.94. The van der Waals surface area contributed by atoms with Gasteiger partial charge in [-0.1, -0.05) is 30.7 Å². The number of allylic oxidation sites excluding steroid dienone is 2. The van der Waals surface area contributed by atoms with E-state index in [1.54, 1.807) is 12.4 Å². The Labute approximate surface area is 188 Å². The second-order valence-corrected chi connectivity index (χ2v) is 10.8. The molecule has 2 fully saturated rings. The van der Waals surface area contributed by atoms with E-state index in [1.165, 1.54) is 5.57 Å². The molecule has 6 rings (SSSR count). The molecule has 0 spiro atoms. The number of aromatic nitrogens is 2. The molecule has 0 radical (unpaired) electrons. The van der Waals surface area contributed by atoms with E-state index in [1.807, 2.05) is 12.3 Å². The number of hydrogen-bond acceptors (Lipinski definition) is 4. The van der Waals surface area contributed by atoms with Crippen LogP contribution in [0.15, 0.2) is 48.4 Å². The van der Waals surface area contributed by atoms with E-state index < -0.39 is 11.3 Å². The van der Waals surface area contributed by atoms with E-state index in [4.69, 9.17) is 0 Å². The first-order valence-electron chi connectivity index (χ1n) is 12.0. The minimum absolute atomic E-state index is 0.160. The van der Waals surface area contributed by atoms with Gasteiger partial charge in [0, 0.05) is 17.5 Å². The Morgan fingerprint density at radius 3 is 2.88 bits per heavy atom. The first-order valence-corrected chi connectivity index (χ1v) is 12.0. The molecule has 168 valence electrons. The standard InChI is InChI=1S/C27H31FN2O2/c1-25-10-11-26(28)14-20-12-21(31)5-4-17(20)8-9-27(26,32)24(25)7-6-22(25)18-2-3-19-15-29-16-30-23(19)13-18/h2-3,6,13-17,21,24,31-32H,4-5,7-12H2,1H3/t17?,21?,24?,25?,26?,27-/m0/s1. The van der Waals surface area contributed by atoms with Crippen molar-refractivity contribution in [3.63, 3.8) is 0 Å². The molecule has 0 saturated heterocycles. The predicted octanol–water partition coefficient (Wildman–Crippen LogP) is 5.15. The third-order valence-electron chi connectivity index (χ3n) is 9.20. The summed E-state index contributed by atoms with van der Waals surface area (Å²) < 4.78 is 16.7. The molecule has 5 heteroatoms. The maximum Gasteiger partial charge on any atom is 0.158 e. The summed E-state index contributed by atoms with van der Waals surface area (Å²) in [5.41, 5.74) is 0.875. The highest BCUT2D eigenvalue weighted by molar-refractivity contribution is 5.84. The summed E-state index contributed by atoms with van der Waals surface area (Å²) >= 11 is 0. The van der Waals surface area contributed by atoms with E-state index in [0.29, 0.717) is 38.0 Å². The first-order chi connectivity index (χ1) is 15.3. The minimum Gasteiger partial charge on any atom is -0.393 e. The number of rotatable bonds is 1. The van der Waals surface area contributed by atoms with Crippen LogP contribution in [-0.2, 0) is 0 Å². The zero-order chi connectivity index (χ0) is 22.1. The van der Waals surface area contributed by atoms with Crippen LogP contribution >= 0.6 is 0 Å². The fraction of sp³-hybridized carbons (Fsp3) is 0.556. The monoisotopic (exact) mass is 434 g/mol. The molecule has 1 heterocycles. The number of fused-ring (bicyclic) bond motifs is 5. The van der Waals surface area contributed by atoms with Crippen LogP contribution < -0.4 is 0 Å². The number of aliphatic hydroxyl groups is 2. The lowest BCUT2D eigenvalue weighted by molar-refractivity contribution is -0.172. The van der Waals surface area contributed by atoms with Gasteiger partial charge in [0.2, 0.25) is 0 Å². The van der Waals surface area contributed by atoms with Crippen molar-refractivity contribution in [3.05, 3.63) is 54.0 Å². The van der Waals surface area contributed by atoms with Gasteiger partial charge in [-0.05, 0) is 86.0 Å². The molecule has 2 aromatic rings. The molecule has 32 heavy (non-hydrogen) atoms. The fourth-order valence-electron chi connectivity index (χ4n) is 7.38. The lowest BCUT2D eigenvalue weighted by Crippen LogP contribution is -2.61. The van der Waals surface area contributed by atoms with Gasteiger partial charge in [-0.15, -0.1) is 0 Å². The number of benzene rings is 1. The van der Waals surface area contributed by atoms with Crippen LogP contribution in [0.1, 0.15) is 63.9 Å². The number of halogens is 1. The molecular weight excluding hydrogens is 403 g/mol. The van der Waals surface area contributed by atoms with Crippen molar-refractivity contribution in [2.75, 3.05) is 0 Å². The topological polar surface area (TPSA) is 66.2 Å². The van der Waals surface area contributed by atoms with Gasteiger partial charge >= 0.3 is 0 Å². The third-order valence-corrected chi connectivity index (χ3v) is 9.20. The van der Waals surface area contributed by atoms with Crippen LogP contribution in [-0.4, -0.2) is 37.6 Å². The van der Waals surface area contributed by atoms with Crippen molar-refractivity contribution in [2.45, 2.75) is 75.7 Å². The zero-order valence-corrected chi connectivity index (χ0v) is 18.6. The van der Waals surface area contributed by atoms with Crippen molar-refractivity contribution in [2.24, 2.45) is 17.3 Å². The molecule has 2 N–H and O–H groups in total. The van der Waals surface area contributed by atoms with E-state index in [-0.39, 0.29) is 17.4 Å². The highest BCUT2D eigenvalue weighted by Gasteiger charge is 2.65. The maximum atomic E-state index is 16.7. The SMILES string of the molecule is CC12CCC3(F)C=C4CC(O)CCC4CC[C@]3(O)C1CC=C2c1ccc2cncnc2c1. The van der Waals surface area contributed by atoms with Crippen molar-refractivity contribution >= 4 is 16.5 Å². The Hall–Kier alpha value is -2.11. The molecule has 4 aliphatic carbocycles. The van der Waals surface area contributed by atoms with Gasteiger partial charge in [0.1, 0.15) is 11.9 Å². The molecule has 0 bridgehead atoms. The fourth-order valence-corrected chi connectivity index (χ4v) is 7.38. The highest BCUT2D eigenvalue weighted by atomic mass is 19.1. The molecule has 4 nitrogen and oxygen atoms in total. The van der Waals surface area contributed by atoms with Gasteiger partial charge in [-0.2, -0.15) is 0 Å². The van der Waals surface area contributed by atoms with Crippen LogP contribution in [0.5, 0.6) is 0 Å². The zero-order valence-electron chi connectivity index (χ0n) is 18.6. The lowest BCUT2D eigenvalue weighted by Gasteiger charge is -2.55. The first kappa shape index (κ1) is 20.5. The van der Waals surface area contributed by atoms with Crippen LogP contribution in [0.2, 0.25) is 0 Å². The van der Waals surface area contributed by atoms with Crippen LogP contribution in [0.3, 0.4) is 0 Å². The van der Waals surface area contributed by atoms with Crippen molar-refractivity contribution in [3.8, 4) is 0 Å². The summed E-state index contributed by atoms with van der Waals surface area (Å²) in [6.45, 7) is 2.22. The van der Waals surface area contributed by atoms with Gasteiger partial charge in [-0.25, -0.2) is 14.4 Å². The van der Waals surface area contributed by atoms with Crippen molar-refractivity contribution in [1.82, 2.24) is 9.97 Å². The summed E-state index contributed by atoms with van der Waals surface area (Å²) in [6.07, 6.45) is 12.2. The smallest absolute Gasteiger partial charge is 0.158 e. The number of nitrogens with zero attached hydrogens (tertiary/aromatic N) is 2. The third kappa shape index (κ3) is 2.80. The molecule has 2 saturated carbocycles. The van der Waals surface area contributed by atoms with Crippen LogP contribution in [0.25, 0.3) is 16.5 Å². The quantitative estimate of drug-likeness (QED) is 0.609. The van der Waals surface area contributed by atoms with E-state index in [9.17, 15) is 10.2 Å². The van der Waals surface area contributed by atoms with Crippen molar-refractivity contribution in [1.29, 1.82) is 0 Å². The Kier molecular flexibility index (Phi) is 4.45.